The molecule has 144 valence electrons. The van der Waals surface area contributed by atoms with Gasteiger partial charge < -0.3 is 5.32 Å². The molecule has 0 bridgehead atoms. The summed E-state index contributed by atoms with van der Waals surface area (Å²) in [6.07, 6.45) is 5.68. The van der Waals surface area contributed by atoms with Gasteiger partial charge in [0, 0.05) is 5.56 Å². The Hall–Kier alpha value is -2.05. The number of hydrogen-bond acceptors (Lipinski definition) is 3. The van der Waals surface area contributed by atoms with Crippen molar-refractivity contribution in [3.05, 3.63) is 63.7 Å². The van der Waals surface area contributed by atoms with Gasteiger partial charge in [-0.2, -0.15) is 0 Å². The fraction of sp³-hybridized carbons (Fsp3) is 0.350. The number of fused-ring (bicyclic) bond motifs is 1. The molecule has 0 heterocycles. The maximum absolute atomic E-state index is 12.6. The molecule has 7 heteroatoms. The smallest absolute Gasteiger partial charge is 0.251 e. The molecule has 0 radical (unpaired) electrons. The minimum Gasteiger partial charge on any atom is -0.346 e. The molecule has 1 amide bonds. The van der Waals surface area contributed by atoms with E-state index in [1.165, 1.54) is 36.1 Å². The lowest BCUT2D eigenvalue weighted by atomic mass is 9.89. The Kier molecular flexibility index (Phi) is 5.77. The normalized spacial score (nSPS) is 14.9. The van der Waals surface area contributed by atoms with Gasteiger partial charge in [-0.1, -0.05) is 29.8 Å². The molecule has 0 saturated carbocycles. The largest absolute Gasteiger partial charge is 0.346 e. The number of aryl methyl sites for hydroxylation is 2. The lowest BCUT2D eigenvalue weighted by molar-refractivity contribution is 0.0940. The first kappa shape index (κ1) is 19.7. The van der Waals surface area contributed by atoms with Crippen LogP contribution in [0.25, 0.3) is 0 Å². The maximum atomic E-state index is 12.6. The number of halogens is 1. The second kappa shape index (κ2) is 7.90. The molecule has 1 atom stereocenters. The van der Waals surface area contributed by atoms with E-state index >= 15 is 0 Å². The first-order valence-electron chi connectivity index (χ1n) is 8.93. The first-order valence-corrected chi connectivity index (χ1v) is 11.2. The monoisotopic (exact) mass is 406 g/mol. The molecule has 0 aromatic heterocycles. The third-order valence-electron chi connectivity index (χ3n) is 4.74. The SMILES string of the molecule is CC(NC(=O)c1ccc(Cl)c(NS(C)(=O)=O)c1)c1ccc2c(c1)CCCC2. The molecule has 0 aliphatic heterocycles. The van der Waals surface area contributed by atoms with E-state index in [1.54, 1.807) is 6.07 Å². The highest BCUT2D eigenvalue weighted by Crippen LogP contribution is 2.26. The Labute approximate surface area is 165 Å². The highest BCUT2D eigenvalue weighted by Gasteiger charge is 2.16. The number of carbonyl (C=O) groups is 1. The van der Waals surface area contributed by atoms with E-state index < -0.39 is 10.0 Å². The summed E-state index contributed by atoms with van der Waals surface area (Å²) < 4.78 is 25.2. The zero-order chi connectivity index (χ0) is 19.6. The molecule has 0 fully saturated rings. The van der Waals surface area contributed by atoms with Crippen molar-refractivity contribution in [3.63, 3.8) is 0 Å². The van der Waals surface area contributed by atoms with Crippen molar-refractivity contribution in [3.8, 4) is 0 Å². The minimum atomic E-state index is -3.48. The lowest BCUT2D eigenvalue weighted by Crippen LogP contribution is -2.27. The van der Waals surface area contributed by atoms with Crippen LogP contribution in [0.5, 0.6) is 0 Å². The first-order chi connectivity index (χ1) is 12.7. The van der Waals surface area contributed by atoms with Crippen LogP contribution in [-0.4, -0.2) is 20.6 Å². The van der Waals surface area contributed by atoms with E-state index in [0.717, 1.165) is 24.7 Å². The number of benzene rings is 2. The number of rotatable bonds is 5. The summed E-state index contributed by atoms with van der Waals surface area (Å²) in [7, 11) is -3.48. The van der Waals surface area contributed by atoms with Gasteiger partial charge in [0.1, 0.15) is 0 Å². The van der Waals surface area contributed by atoms with Crippen LogP contribution in [0.2, 0.25) is 5.02 Å². The van der Waals surface area contributed by atoms with Crippen LogP contribution in [0.1, 0.15) is 52.9 Å². The van der Waals surface area contributed by atoms with Crippen LogP contribution in [0.3, 0.4) is 0 Å². The van der Waals surface area contributed by atoms with Gasteiger partial charge in [0.05, 0.1) is 23.0 Å². The molecule has 5 nitrogen and oxygen atoms in total. The van der Waals surface area contributed by atoms with Gasteiger partial charge in [-0.3, -0.25) is 9.52 Å². The Morgan fingerprint density at radius 2 is 1.78 bits per heavy atom. The zero-order valence-electron chi connectivity index (χ0n) is 15.4. The summed E-state index contributed by atoms with van der Waals surface area (Å²) in [5.74, 6) is -0.284. The Morgan fingerprint density at radius 1 is 1.07 bits per heavy atom. The summed E-state index contributed by atoms with van der Waals surface area (Å²) >= 11 is 6.02. The molecule has 1 unspecified atom stereocenters. The van der Waals surface area contributed by atoms with Crippen LogP contribution < -0.4 is 10.0 Å². The van der Waals surface area contributed by atoms with E-state index in [9.17, 15) is 13.2 Å². The van der Waals surface area contributed by atoms with E-state index in [4.69, 9.17) is 11.6 Å². The highest BCUT2D eigenvalue weighted by atomic mass is 35.5. The van der Waals surface area contributed by atoms with E-state index in [0.29, 0.717) is 5.56 Å². The number of amides is 1. The van der Waals surface area contributed by atoms with Crippen molar-refractivity contribution in [2.45, 2.75) is 38.6 Å². The zero-order valence-corrected chi connectivity index (χ0v) is 17.0. The number of anilines is 1. The molecular weight excluding hydrogens is 384 g/mol. The fourth-order valence-electron chi connectivity index (χ4n) is 3.33. The van der Waals surface area contributed by atoms with Gasteiger partial charge in [-0.15, -0.1) is 0 Å². The average molecular weight is 407 g/mol. The maximum Gasteiger partial charge on any atom is 0.251 e. The summed E-state index contributed by atoms with van der Waals surface area (Å²) in [6.45, 7) is 1.94. The molecule has 27 heavy (non-hydrogen) atoms. The quantitative estimate of drug-likeness (QED) is 0.785. The van der Waals surface area contributed by atoms with Gasteiger partial charge >= 0.3 is 0 Å². The van der Waals surface area contributed by atoms with Gasteiger partial charge in [-0.25, -0.2) is 8.42 Å². The van der Waals surface area contributed by atoms with Crippen molar-refractivity contribution in [1.29, 1.82) is 0 Å². The molecule has 3 rings (SSSR count). The number of nitrogens with one attached hydrogen (secondary N) is 2. The number of sulfonamides is 1. The lowest BCUT2D eigenvalue weighted by Gasteiger charge is -2.20. The highest BCUT2D eigenvalue weighted by molar-refractivity contribution is 7.92. The van der Waals surface area contributed by atoms with Gasteiger partial charge in [0.15, 0.2) is 0 Å². The van der Waals surface area contributed by atoms with Crippen molar-refractivity contribution >= 4 is 33.2 Å². The van der Waals surface area contributed by atoms with E-state index in [-0.39, 0.29) is 22.7 Å². The third-order valence-corrected chi connectivity index (χ3v) is 5.66. The van der Waals surface area contributed by atoms with Crippen LogP contribution in [0.15, 0.2) is 36.4 Å². The predicted molar refractivity (Wildman–Crippen MR) is 109 cm³/mol. The molecular formula is C20H23ClN2O3S. The fourth-order valence-corrected chi connectivity index (χ4v) is 4.12. The van der Waals surface area contributed by atoms with Gasteiger partial charge in [-0.05, 0) is 67.5 Å². The van der Waals surface area contributed by atoms with Crippen molar-refractivity contribution in [2.75, 3.05) is 11.0 Å². The second-order valence-electron chi connectivity index (χ2n) is 7.00. The summed E-state index contributed by atoms with van der Waals surface area (Å²) in [5, 5.41) is 3.21. The van der Waals surface area contributed by atoms with Crippen LogP contribution in [-0.2, 0) is 22.9 Å². The Balaban J connectivity index is 1.76. The van der Waals surface area contributed by atoms with Crippen molar-refractivity contribution in [1.82, 2.24) is 5.32 Å². The molecule has 1 aliphatic carbocycles. The molecule has 2 aromatic rings. The van der Waals surface area contributed by atoms with Gasteiger partial charge in [0.2, 0.25) is 10.0 Å². The topological polar surface area (TPSA) is 75.3 Å². The molecule has 0 spiro atoms. The van der Waals surface area contributed by atoms with Crippen molar-refractivity contribution < 1.29 is 13.2 Å². The summed E-state index contributed by atoms with van der Waals surface area (Å²) in [5.41, 5.74) is 4.36. The van der Waals surface area contributed by atoms with Crippen LogP contribution >= 0.6 is 11.6 Å². The molecule has 2 aromatic carbocycles. The standard InChI is InChI=1S/C20H23ClN2O3S/c1-13(15-8-7-14-5-3-4-6-16(14)11-15)22-20(24)17-9-10-18(21)19(12-17)23-27(2,25)26/h7-13,23H,3-6H2,1-2H3,(H,22,24). The van der Waals surface area contributed by atoms with Gasteiger partial charge in [0.25, 0.3) is 5.91 Å². The Morgan fingerprint density at radius 3 is 2.48 bits per heavy atom. The third kappa shape index (κ3) is 5.02. The average Bonchev–Trinajstić information content (AvgIpc) is 2.62. The van der Waals surface area contributed by atoms with E-state index in [1.807, 2.05) is 6.92 Å². The minimum absolute atomic E-state index is 0.160. The van der Waals surface area contributed by atoms with Crippen LogP contribution in [0, 0.1) is 0 Å². The Bertz CT molecular complexity index is 973. The predicted octanol–water partition coefficient (Wildman–Crippen LogP) is 4.08. The van der Waals surface area contributed by atoms with Crippen molar-refractivity contribution in [2.24, 2.45) is 0 Å². The summed E-state index contributed by atoms with van der Waals surface area (Å²) in [6, 6.07) is 10.8. The number of carbonyl (C=O) groups excluding carboxylic acids is 1. The second-order valence-corrected chi connectivity index (χ2v) is 9.15. The van der Waals surface area contributed by atoms with Crippen LogP contribution in [0.4, 0.5) is 5.69 Å². The summed E-state index contributed by atoms with van der Waals surface area (Å²) in [4.78, 5) is 12.6. The molecule has 1 aliphatic rings. The molecule has 0 saturated heterocycles. The van der Waals surface area contributed by atoms with E-state index in [2.05, 4.69) is 28.2 Å². The number of hydrogen-bond donors (Lipinski definition) is 2. The molecule has 2 N–H and O–H groups in total.